The summed E-state index contributed by atoms with van der Waals surface area (Å²) in [5.41, 5.74) is -0.799. The van der Waals surface area contributed by atoms with E-state index >= 15 is 0 Å². The highest BCUT2D eigenvalue weighted by Crippen LogP contribution is 2.24. The third-order valence-electron chi connectivity index (χ3n) is 4.22. The Balaban J connectivity index is 3.16. The van der Waals surface area contributed by atoms with Gasteiger partial charge in [-0.2, -0.15) is 0 Å². The average molecular weight is 450 g/mol. The summed E-state index contributed by atoms with van der Waals surface area (Å²) in [6.45, 7) is 3.32. The average Bonchev–Trinajstić information content (AvgIpc) is 2.67. The van der Waals surface area contributed by atoms with Crippen LogP contribution >= 0.6 is 23.2 Å². The molecule has 0 bridgehead atoms. The SMILES string of the molecule is CNC(=O)C(Cc1ccc(Cl)c(Cl)c1)NC(=O)C(O)(CC(C)C)C(O)C(=O)NO. The number of likely N-dealkylation sites (N-methyl/N-ethyl adjacent to an activating group) is 1. The number of aliphatic hydroxyl groups excluding tert-OH is 1. The van der Waals surface area contributed by atoms with Gasteiger partial charge in [0.2, 0.25) is 5.91 Å². The number of amides is 3. The fourth-order valence-corrected chi connectivity index (χ4v) is 3.12. The Hall–Kier alpha value is -1.91. The van der Waals surface area contributed by atoms with Gasteiger partial charge in [-0.1, -0.05) is 43.1 Å². The molecule has 0 aliphatic rings. The highest BCUT2D eigenvalue weighted by Gasteiger charge is 2.48. The van der Waals surface area contributed by atoms with Crippen LogP contribution < -0.4 is 16.1 Å². The Morgan fingerprint density at radius 1 is 1.14 bits per heavy atom. The molecule has 6 N–H and O–H groups in total. The van der Waals surface area contributed by atoms with Crippen LogP contribution in [0.5, 0.6) is 0 Å². The van der Waals surface area contributed by atoms with Crippen molar-refractivity contribution in [2.24, 2.45) is 5.92 Å². The zero-order chi connectivity index (χ0) is 22.4. The predicted octanol–water partition coefficient (Wildman–Crippen LogP) is 0.410. The number of benzene rings is 1. The third-order valence-corrected chi connectivity index (χ3v) is 4.95. The van der Waals surface area contributed by atoms with E-state index < -0.39 is 35.5 Å². The maximum absolute atomic E-state index is 12.8. The summed E-state index contributed by atoms with van der Waals surface area (Å²) in [6, 6.07) is 3.53. The van der Waals surface area contributed by atoms with E-state index in [0.717, 1.165) is 0 Å². The maximum atomic E-state index is 12.8. The highest BCUT2D eigenvalue weighted by molar-refractivity contribution is 6.42. The van der Waals surface area contributed by atoms with E-state index in [-0.39, 0.29) is 23.8 Å². The predicted molar refractivity (Wildman–Crippen MR) is 107 cm³/mol. The zero-order valence-electron chi connectivity index (χ0n) is 16.2. The summed E-state index contributed by atoms with van der Waals surface area (Å²) in [6.07, 6.45) is -2.56. The second kappa shape index (κ2) is 10.7. The summed E-state index contributed by atoms with van der Waals surface area (Å²) in [4.78, 5) is 36.7. The van der Waals surface area contributed by atoms with E-state index in [2.05, 4.69) is 10.6 Å². The minimum absolute atomic E-state index is 0.00233. The Labute approximate surface area is 178 Å². The molecule has 1 rings (SSSR count). The maximum Gasteiger partial charge on any atom is 0.275 e. The summed E-state index contributed by atoms with van der Waals surface area (Å²) in [7, 11) is 1.37. The largest absolute Gasteiger partial charge is 0.380 e. The number of hydrogen-bond acceptors (Lipinski definition) is 6. The van der Waals surface area contributed by atoms with Crippen molar-refractivity contribution in [2.75, 3.05) is 7.05 Å². The Bertz CT molecular complexity index is 761. The molecule has 0 aliphatic heterocycles. The van der Waals surface area contributed by atoms with Crippen LogP contribution in [0.25, 0.3) is 0 Å². The minimum Gasteiger partial charge on any atom is -0.380 e. The molecule has 0 aliphatic carbocycles. The van der Waals surface area contributed by atoms with Crippen LogP contribution in [0, 0.1) is 5.92 Å². The fraction of sp³-hybridized carbons (Fsp3) is 0.500. The van der Waals surface area contributed by atoms with E-state index in [9.17, 15) is 24.6 Å². The molecule has 3 unspecified atom stereocenters. The lowest BCUT2D eigenvalue weighted by Crippen LogP contribution is -2.63. The van der Waals surface area contributed by atoms with Crippen molar-refractivity contribution >= 4 is 40.9 Å². The lowest BCUT2D eigenvalue weighted by Gasteiger charge is -2.33. The number of hydrogen-bond donors (Lipinski definition) is 6. The topological polar surface area (TPSA) is 148 Å². The van der Waals surface area contributed by atoms with Crippen LogP contribution in [0.4, 0.5) is 0 Å². The van der Waals surface area contributed by atoms with Crippen LogP contribution in [0.3, 0.4) is 0 Å². The van der Waals surface area contributed by atoms with Gasteiger partial charge in [0.25, 0.3) is 11.8 Å². The summed E-state index contributed by atoms with van der Waals surface area (Å²) in [5, 5.41) is 35.0. The molecule has 0 saturated heterocycles. The van der Waals surface area contributed by atoms with Crippen LogP contribution in [-0.4, -0.2) is 57.9 Å². The molecule has 0 heterocycles. The molecule has 11 heteroatoms. The van der Waals surface area contributed by atoms with E-state index in [4.69, 9.17) is 28.4 Å². The Kier molecular flexibility index (Phi) is 9.31. The van der Waals surface area contributed by atoms with Gasteiger partial charge in [-0.3, -0.25) is 19.6 Å². The number of carbonyl (C=O) groups excluding carboxylic acids is 3. The van der Waals surface area contributed by atoms with Crippen molar-refractivity contribution in [2.45, 2.75) is 44.4 Å². The molecule has 29 heavy (non-hydrogen) atoms. The molecule has 0 saturated carbocycles. The van der Waals surface area contributed by atoms with Crippen molar-refractivity contribution < 1.29 is 29.8 Å². The van der Waals surface area contributed by atoms with Crippen molar-refractivity contribution in [3.05, 3.63) is 33.8 Å². The molecular formula is C18H25Cl2N3O6. The third kappa shape index (κ3) is 6.55. The molecule has 0 fully saturated rings. The standard InChI is InChI=1S/C18H25Cl2N3O6/c1-9(2)8-18(28,14(24)16(26)23-29)17(27)22-13(15(25)21-3)7-10-4-5-11(19)12(20)6-10/h4-6,9,13-14,24,28-29H,7-8H2,1-3H3,(H,21,25)(H,22,27)(H,23,26). The monoisotopic (exact) mass is 449 g/mol. The van der Waals surface area contributed by atoms with E-state index in [0.29, 0.717) is 10.6 Å². The first-order chi connectivity index (χ1) is 13.5. The van der Waals surface area contributed by atoms with E-state index in [1.54, 1.807) is 19.9 Å². The van der Waals surface area contributed by atoms with Gasteiger partial charge in [-0.25, -0.2) is 5.48 Å². The van der Waals surface area contributed by atoms with Gasteiger partial charge in [0, 0.05) is 13.5 Å². The van der Waals surface area contributed by atoms with Crippen molar-refractivity contribution in [1.82, 2.24) is 16.1 Å². The second-order valence-corrected chi connectivity index (χ2v) is 7.81. The van der Waals surface area contributed by atoms with Crippen molar-refractivity contribution in [3.8, 4) is 0 Å². The van der Waals surface area contributed by atoms with Crippen LogP contribution in [0.15, 0.2) is 18.2 Å². The quantitative estimate of drug-likeness (QED) is 0.237. The van der Waals surface area contributed by atoms with Crippen molar-refractivity contribution in [1.29, 1.82) is 0 Å². The summed E-state index contributed by atoms with van der Waals surface area (Å²) < 4.78 is 0. The Morgan fingerprint density at radius 3 is 2.24 bits per heavy atom. The van der Waals surface area contributed by atoms with Gasteiger partial charge < -0.3 is 20.8 Å². The number of nitrogens with one attached hydrogen (secondary N) is 3. The van der Waals surface area contributed by atoms with E-state index in [1.807, 2.05) is 0 Å². The molecule has 3 amide bonds. The number of carbonyl (C=O) groups is 3. The summed E-state index contributed by atoms with van der Waals surface area (Å²) >= 11 is 11.9. The molecule has 1 aromatic carbocycles. The summed E-state index contributed by atoms with van der Waals surface area (Å²) in [5.74, 6) is -3.38. The second-order valence-electron chi connectivity index (χ2n) is 6.99. The fourth-order valence-electron chi connectivity index (χ4n) is 2.80. The van der Waals surface area contributed by atoms with Gasteiger partial charge in [-0.15, -0.1) is 0 Å². The first-order valence-corrected chi connectivity index (χ1v) is 9.52. The number of rotatable bonds is 9. The lowest BCUT2D eigenvalue weighted by molar-refractivity contribution is -0.169. The number of halogens is 2. The molecule has 9 nitrogen and oxygen atoms in total. The van der Waals surface area contributed by atoms with Crippen LogP contribution in [0.2, 0.25) is 10.0 Å². The van der Waals surface area contributed by atoms with Crippen LogP contribution in [0.1, 0.15) is 25.8 Å². The highest BCUT2D eigenvalue weighted by atomic mass is 35.5. The number of hydroxylamine groups is 1. The van der Waals surface area contributed by atoms with Gasteiger partial charge in [0.1, 0.15) is 6.04 Å². The van der Waals surface area contributed by atoms with Gasteiger partial charge in [0.05, 0.1) is 10.0 Å². The first-order valence-electron chi connectivity index (χ1n) is 8.77. The molecule has 0 spiro atoms. The number of aliphatic hydroxyl groups is 2. The molecule has 3 atom stereocenters. The smallest absolute Gasteiger partial charge is 0.275 e. The van der Waals surface area contributed by atoms with Gasteiger partial charge in [0.15, 0.2) is 11.7 Å². The normalized spacial score (nSPS) is 15.2. The first kappa shape index (κ1) is 25.1. The zero-order valence-corrected chi connectivity index (χ0v) is 17.7. The van der Waals surface area contributed by atoms with Gasteiger partial charge >= 0.3 is 0 Å². The molecule has 162 valence electrons. The Morgan fingerprint density at radius 2 is 1.76 bits per heavy atom. The molecule has 0 radical (unpaired) electrons. The molecular weight excluding hydrogens is 425 g/mol. The lowest BCUT2D eigenvalue weighted by atomic mass is 9.85. The van der Waals surface area contributed by atoms with E-state index in [1.165, 1.54) is 24.7 Å². The van der Waals surface area contributed by atoms with Gasteiger partial charge in [-0.05, 0) is 30.0 Å². The minimum atomic E-state index is -2.58. The van der Waals surface area contributed by atoms with Crippen molar-refractivity contribution in [3.63, 3.8) is 0 Å². The molecule has 0 aromatic heterocycles. The molecule has 1 aromatic rings. The van der Waals surface area contributed by atoms with Crippen LogP contribution in [-0.2, 0) is 20.8 Å².